The lowest BCUT2D eigenvalue weighted by Crippen LogP contribution is -2.51. The van der Waals surface area contributed by atoms with E-state index in [1.165, 1.54) is 0 Å². The fourth-order valence-electron chi connectivity index (χ4n) is 4.03. The van der Waals surface area contributed by atoms with Crippen molar-refractivity contribution in [2.24, 2.45) is 0 Å². The number of carbonyl (C=O) groups excluding carboxylic acids is 1. The minimum atomic E-state index is -0.603. The number of β-amino-alcohol motifs (C(OH)–C–C–N with tert-alkyl or cyclic N) is 1. The summed E-state index contributed by atoms with van der Waals surface area (Å²) in [5, 5.41) is 15.5. The van der Waals surface area contributed by atoms with E-state index in [9.17, 15) is 9.90 Å². The number of furan rings is 1. The summed E-state index contributed by atoms with van der Waals surface area (Å²) in [5.41, 5.74) is 1.93. The molecule has 0 aliphatic carbocycles. The van der Waals surface area contributed by atoms with E-state index in [1.54, 1.807) is 19.6 Å². The summed E-state index contributed by atoms with van der Waals surface area (Å²) in [6.07, 6.45) is 2.76. The summed E-state index contributed by atoms with van der Waals surface area (Å²) in [6.45, 7) is 4.46. The quantitative estimate of drug-likeness (QED) is 0.578. The number of carbonyl (C=O) groups is 1. The van der Waals surface area contributed by atoms with Gasteiger partial charge in [0.25, 0.3) is 0 Å². The number of piperazine rings is 1. The maximum Gasteiger partial charge on any atom is 0.233 e. The predicted molar refractivity (Wildman–Crippen MR) is 120 cm³/mol. The van der Waals surface area contributed by atoms with Crippen LogP contribution in [0.3, 0.4) is 0 Å². The van der Waals surface area contributed by atoms with Crippen molar-refractivity contribution in [3.63, 3.8) is 0 Å². The van der Waals surface area contributed by atoms with Crippen molar-refractivity contribution in [2.75, 3.05) is 52.9 Å². The molecular weight excluding hydrogens is 394 g/mol. The van der Waals surface area contributed by atoms with Crippen molar-refractivity contribution in [1.82, 2.24) is 15.1 Å². The van der Waals surface area contributed by atoms with E-state index in [0.717, 1.165) is 53.8 Å². The summed E-state index contributed by atoms with van der Waals surface area (Å²) >= 11 is 0. The first-order chi connectivity index (χ1) is 15.1. The van der Waals surface area contributed by atoms with Crippen molar-refractivity contribution in [1.29, 1.82) is 0 Å². The van der Waals surface area contributed by atoms with E-state index in [1.807, 2.05) is 30.3 Å². The van der Waals surface area contributed by atoms with E-state index in [2.05, 4.69) is 27.2 Å². The third-order valence-corrected chi connectivity index (χ3v) is 5.71. The van der Waals surface area contributed by atoms with Gasteiger partial charge in [-0.25, -0.2) is 0 Å². The average Bonchev–Trinajstić information content (AvgIpc) is 3.33. The maximum absolute atomic E-state index is 11.5. The highest BCUT2D eigenvalue weighted by Gasteiger charge is 2.21. The molecule has 0 bridgehead atoms. The molecule has 0 saturated carbocycles. The highest BCUT2D eigenvalue weighted by molar-refractivity contribution is 5.99. The molecule has 1 fully saturated rings. The number of ether oxygens (including phenoxy) is 1. The van der Waals surface area contributed by atoms with Crippen molar-refractivity contribution >= 4 is 16.7 Å². The number of likely N-dealkylation sites (N-methyl/N-ethyl adjacent to an activating group) is 1. The Hall–Kier alpha value is -2.87. The topological polar surface area (TPSA) is 78.2 Å². The summed E-state index contributed by atoms with van der Waals surface area (Å²) in [6, 6.07) is 14.1. The van der Waals surface area contributed by atoms with Crippen LogP contribution in [0.15, 0.2) is 59.4 Å². The van der Waals surface area contributed by atoms with Gasteiger partial charge in [0.2, 0.25) is 5.91 Å². The Kier molecular flexibility index (Phi) is 6.86. The van der Waals surface area contributed by atoms with Gasteiger partial charge >= 0.3 is 0 Å². The Morgan fingerprint density at radius 2 is 1.90 bits per heavy atom. The van der Waals surface area contributed by atoms with Crippen LogP contribution in [0.1, 0.15) is 0 Å². The number of benzene rings is 2. The molecule has 1 aromatic heterocycles. The zero-order valence-electron chi connectivity index (χ0n) is 17.8. The van der Waals surface area contributed by atoms with Crippen LogP contribution in [0.5, 0.6) is 5.75 Å². The lowest BCUT2D eigenvalue weighted by Gasteiger charge is -2.35. The largest absolute Gasteiger partial charge is 0.490 e. The number of aliphatic hydroxyl groups is 1. The van der Waals surface area contributed by atoms with Gasteiger partial charge in [-0.15, -0.1) is 0 Å². The number of rotatable bonds is 8. The van der Waals surface area contributed by atoms with Crippen LogP contribution in [0.2, 0.25) is 0 Å². The molecular formula is C24H29N3O4. The van der Waals surface area contributed by atoms with E-state index < -0.39 is 6.10 Å². The van der Waals surface area contributed by atoms with Gasteiger partial charge in [-0.2, -0.15) is 0 Å². The zero-order valence-corrected chi connectivity index (χ0v) is 17.8. The Labute approximate surface area is 182 Å². The summed E-state index contributed by atoms with van der Waals surface area (Å²) in [4.78, 5) is 15.9. The molecule has 2 heterocycles. The molecule has 1 saturated heterocycles. The maximum atomic E-state index is 11.5. The van der Waals surface area contributed by atoms with Crippen LogP contribution < -0.4 is 10.1 Å². The van der Waals surface area contributed by atoms with Crippen molar-refractivity contribution < 1.29 is 19.1 Å². The number of aliphatic hydroxyl groups excluding tert-OH is 1. The summed E-state index contributed by atoms with van der Waals surface area (Å²) < 4.78 is 11.4. The SMILES string of the molecule is CNC(=O)CN1CCN(CC(O)COc2ccc3ccccc3c2-c2ccoc2)CC1. The fraction of sp³-hybridized carbons (Fsp3) is 0.375. The Morgan fingerprint density at radius 3 is 2.65 bits per heavy atom. The molecule has 7 nitrogen and oxygen atoms in total. The van der Waals surface area contributed by atoms with Crippen LogP contribution in [0.4, 0.5) is 0 Å². The van der Waals surface area contributed by atoms with E-state index >= 15 is 0 Å². The van der Waals surface area contributed by atoms with E-state index in [4.69, 9.17) is 9.15 Å². The number of nitrogens with zero attached hydrogens (tertiary/aromatic N) is 2. The third kappa shape index (κ3) is 5.25. The first-order valence-corrected chi connectivity index (χ1v) is 10.6. The normalized spacial score (nSPS) is 16.3. The number of fused-ring (bicyclic) bond motifs is 1. The summed E-state index contributed by atoms with van der Waals surface area (Å²) in [7, 11) is 1.66. The minimum absolute atomic E-state index is 0.0331. The lowest BCUT2D eigenvalue weighted by atomic mass is 9.99. The molecule has 7 heteroatoms. The Bertz CT molecular complexity index is 997. The van der Waals surface area contributed by atoms with Gasteiger partial charge in [-0.1, -0.05) is 30.3 Å². The second-order valence-corrected chi connectivity index (χ2v) is 7.89. The predicted octanol–water partition coefficient (Wildman–Crippen LogP) is 2.20. The van der Waals surface area contributed by atoms with Crippen LogP contribution in [-0.4, -0.2) is 79.8 Å². The molecule has 0 radical (unpaired) electrons. The second-order valence-electron chi connectivity index (χ2n) is 7.89. The van der Waals surface area contributed by atoms with Crippen LogP contribution >= 0.6 is 0 Å². The van der Waals surface area contributed by atoms with Crippen LogP contribution in [0, 0.1) is 0 Å². The molecule has 164 valence electrons. The molecule has 1 amide bonds. The van der Waals surface area contributed by atoms with Crippen molar-refractivity contribution in [2.45, 2.75) is 6.10 Å². The molecule has 3 aromatic rings. The fourth-order valence-corrected chi connectivity index (χ4v) is 4.03. The van der Waals surface area contributed by atoms with E-state index in [-0.39, 0.29) is 12.5 Å². The van der Waals surface area contributed by atoms with Crippen LogP contribution in [-0.2, 0) is 4.79 Å². The molecule has 1 atom stereocenters. The summed E-state index contributed by atoms with van der Waals surface area (Å²) in [5.74, 6) is 0.764. The second kappa shape index (κ2) is 9.96. The monoisotopic (exact) mass is 423 g/mol. The van der Waals surface area contributed by atoms with Gasteiger partial charge in [-0.05, 0) is 22.9 Å². The standard InChI is InChI=1S/C24H29N3O4/c1-25-23(29)15-27-11-9-26(10-12-27)14-20(28)17-31-22-7-6-18-4-2-3-5-21(18)24(22)19-8-13-30-16-19/h2-8,13,16,20,28H,9-12,14-15,17H2,1H3,(H,25,29). The van der Waals surface area contributed by atoms with Crippen molar-refractivity contribution in [3.8, 4) is 16.9 Å². The van der Waals surface area contributed by atoms with Crippen molar-refractivity contribution in [3.05, 3.63) is 55.0 Å². The number of amides is 1. The van der Waals surface area contributed by atoms with Gasteiger partial charge in [0.15, 0.2) is 0 Å². The van der Waals surface area contributed by atoms with Gasteiger partial charge in [0.05, 0.1) is 19.1 Å². The van der Waals surface area contributed by atoms with E-state index in [0.29, 0.717) is 13.1 Å². The number of nitrogens with one attached hydrogen (secondary N) is 1. The smallest absolute Gasteiger partial charge is 0.233 e. The first kappa shape index (κ1) is 21.4. The average molecular weight is 424 g/mol. The van der Waals surface area contributed by atoms with Crippen LogP contribution in [0.25, 0.3) is 21.9 Å². The Morgan fingerprint density at radius 1 is 1.13 bits per heavy atom. The highest BCUT2D eigenvalue weighted by Crippen LogP contribution is 2.37. The molecule has 1 aliphatic heterocycles. The molecule has 0 spiro atoms. The van der Waals surface area contributed by atoms with Gasteiger partial charge < -0.3 is 19.6 Å². The molecule has 1 unspecified atom stereocenters. The Balaban J connectivity index is 1.36. The third-order valence-electron chi connectivity index (χ3n) is 5.71. The number of hydrogen-bond donors (Lipinski definition) is 2. The molecule has 4 rings (SSSR count). The minimum Gasteiger partial charge on any atom is -0.490 e. The number of hydrogen-bond acceptors (Lipinski definition) is 6. The first-order valence-electron chi connectivity index (χ1n) is 10.6. The van der Waals surface area contributed by atoms with Gasteiger partial charge in [0, 0.05) is 50.9 Å². The highest BCUT2D eigenvalue weighted by atomic mass is 16.5. The molecule has 1 aliphatic rings. The molecule has 31 heavy (non-hydrogen) atoms. The zero-order chi connectivity index (χ0) is 21.6. The van der Waals surface area contributed by atoms with Gasteiger partial charge in [-0.3, -0.25) is 14.6 Å². The molecule has 2 aromatic carbocycles. The lowest BCUT2D eigenvalue weighted by molar-refractivity contribution is -0.122. The van der Waals surface area contributed by atoms with Gasteiger partial charge in [0.1, 0.15) is 18.5 Å². The molecule has 2 N–H and O–H groups in total.